The zero-order valence-corrected chi connectivity index (χ0v) is 7.90. The van der Waals surface area contributed by atoms with Crippen LogP contribution in [0.1, 0.15) is 16.6 Å². The molecule has 2 heterocycles. The van der Waals surface area contributed by atoms with Gasteiger partial charge < -0.3 is 0 Å². The van der Waals surface area contributed by atoms with Gasteiger partial charge in [0.15, 0.2) is 0 Å². The van der Waals surface area contributed by atoms with E-state index < -0.39 is 0 Å². The minimum atomic E-state index is 0.422. The van der Waals surface area contributed by atoms with E-state index in [0.29, 0.717) is 5.37 Å². The third-order valence-electron chi connectivity index (χ3n) is 1.92. The van der Waals surface area contributed by atoms with Gasteiger partial charge in [0, 0.05) is 18.5 Å². The van der Waals surface area contributed by atoms with Gasteiger partial charge >= 0.3 is 0 Å². The van der Waals surface area contributed by atoms with E-state index in [1.807, 2.05) is 18.0 Å². The van der Waals surface area contributed by atoms with E-state index in [1.54, 1.807) is 0 Å². The van der Waals surface area contributed by atoms with Gasteiger partial charge in [0.2, 0.25) is 0 Å². The lowest BCUT2D eigenvalue weighted by Gasteiger charge is -2.07. The molecule has 1 atom stereocenters. The lowest BCUT2D eigenvalue weighted by molar-refractivity contribution is 0.732. The number of pyridine rings is 1. The molecule has 0 aromatic carbocycles. The van der Waals surface area contributed by atoms with Gasteiger partial charge in [0.1, 0.15) is 0 Å². The summed E-state index contributed by atoms with van der Waals surface area (Å²) < 4.78 is 0. The Morgan fingerprint density at radius 1 is 1.58 bits per heavy atom. The normalized spacial score (nSPS) is 22.9. The molecule has 2 nitrogen and oxygen atoms in total. The van der Waals surface area contributed by atoms with Gasteiger partial charge in [-0.05, 0) is 18.6 Å². The predicted molar refractivity (Wildman–Crippen MR) is 52.2 cm³/mol. The maximum absolute atomic E-state index is 4.38. The summed E-state index contributed by atoms with van der Waals surface area (Å²) in [5.74, 6) is 1.19. The molecule has 0 amide bonds. The molecule has 2 rings (SSSR count). The van der Waals surface area contributed by atoms with Gasteiger partial charge in [-0.15, -0.1) is 11.8 Å². The highest BCUT2D eigenvalue weighted by molar-refractivity contribution is 7.99. The fourth-order valence-corrected chi connectivity index (χ4v) is 2.27. The second-order valence-corrected chi connectivity index (χ2v) is 4.18. The van der Waals surface area contributed by atoms with Crippen LogP contribution in [-0.4, -0.2) is 17.3 Å². The molecule has 0 aliphatic carbocycles. The first-order valence-electron chi connectivity index (χ1n) is 4.14. The SMILES string of the molecule is Cc1ccc(C2NCCS2)nc1. The van der Waals surface area contributed by atoms with Gasteiger partial charge in [0.05, 0.1) is 11.1 Å². The first kappa shape index (κ1) is 8.08. The van der Waals surface area contributed by atoms with E-state index in [0.717, 1.165) is 12.2 Å². The summed E-state index contributed by atoms with van der Waals surface area (Å²) in [6, 6.07) is 4.22. The lowest BCUT2D eigenvalue weighted by atomic mass is 10.3. The van der Waals surface area contributed by atoms with E-state index in [9.17, 15) is 0 Å². The number of rotatable bonds is 1. The van der Waals surface area contributed by atoms with Crippen molar-refractivity contribution >= 4 is 11.8 Å². The summed E-state index contributed by atoms with van der Waals surface area (Å²) in [5.41, 5.74) is 2.38. The van der Waals surface area contributed by atoms with Crippen LogP contribution >= 0.6 is 11.8 Å². The molecule has 1 aromatic rings. The molecule has 1 N–H and O–H groups in total. The molecular weight excluding hydrogens is 168 g/mol. The molecule has 3 heteroatoms. The van der Waals surface area contributed by atoms with Gasteiger partial charge in [-0.3, -0.25) is 10.3 Å². The highest BCUT2D eigenvalue weighted by atomic mass is 32.2. The standard InChI is InChI=1S/C9H12N2S/c1-7-2-3-8(11-6-7)9-10-4-5-12-9/h2-3,6,9-10H,4-5H2,1H3. The van der Waals surface area contributed by atoms with Crippen molar-refractivity contribution in [3.63, 3.8) is 0 Å². The highest BCUT2D eigenvalue weighted by Gasteiger charge is 2.16. The van der Waals surface area contributed by atoms with Crippen molar-refractivity contribution in [1.82, 2.24) is 10.3 Å². The number of nitrogens with one attached hydrogen (secondary N) is 1. The van der Waals surface area contributed by atoms with Crippen LogP contribution in [0.3, 0.4) is 0 Å². The zero-order valence-electron chi connectivity index (χ0n) is 7.08. The Bertz CT molecular complexity index is 252. The maximum Gasteiger partial charge on any atom is 0.0962 e. The Morgan fingerprint density at radius 3 is 3.08 bits per heavy atom. The zero-order chi connectivity index (χ0) is 8.39. The Kier molecular flexibility index (Phi) is 2.33. The summed E-state index contributed by atoms with van der Waals surface area (Å²) in [6.07, 6.45) is 1.93. The second-order valence-electron chi connectivity index (χ2n) is 2.97. The number of nitrogens with zero attached hydrogens (tertiary/aromatic N) is 1. The van der Waals surface area contributed by atoms with Crippen molar-refractivity contribution in [3.8, 4) is 0 Å². The lowest BCUT2D eigenvalue weighted by Crippen LogP contribution is -2.13. The molecular formula is C9H12N2S. The maximum atomic E-state index is 4.38. The molecule has 1 aliphatic heterocycles. The molecule has 64 valence electrons. The molecule has 1 unspecified atom stereocenters. The largest absolute Gasteiger partial charge is 0.300 e. The monoisotopic (exact) mass is 180 g/mol. The van der Waals surface area contributed by atoms with Crippen LogP contribution in [0.15, 0.2) is 18.3 Å². The van der Waals surface area contributed by atoms with Crippen LogP contribution < -0.4 is 5.32 Å². The summed E-state index contributed by atoms with van der Waals surface area (Å²) in [6.45, 7) is 3.16. The van der Waals surface area contributed by atoms with E-state index in [-0.39, 0.29) is 0 Å². The van der Waals surface area contributed by atoms with Crippen LogP contribution in [0.5, 0.6) is 0 Å². The van der Waals surface area contributed by atoms with E-state index in [4.69, 9.17) is 0 Å². The number of thioether (sulfide) groups is 1. The first-order valence-corrected chi connectivity index (χ1v) is 5.19. The fourth-order valence-electron chi connectivity index (χ4n) is 1.25. The molecule has 1 fully saturated rings. The molecule has 1 aliphatic rings. The fraction of sp³-hybridized carbons (Fsp3) is 0.444. The van der Waals surface area contributed by atoms with Crippen LogP contribution in [0.4, 0.5) is 0 Å². The molecule has 1 saturated heterocycles. The quantitative estimate of drug-likeness (QED) is 0.712. The Hall–Kier alpha value is -0.540. The number of hydrogen-bond acceptors (Lipinski definition) is 3. The van der Waals surface area contributed by atoms with Crippen LogP contribution in [0, 0.1) is 6.92 Å². The predicted octanol–water partition coefficient (Wildman–Crippen LogP) is 1.73. The third-order valence-corrected chi connectivity index (χ3v) is 3.10. The minimum Gasteiger partial charge on any atom is -0.300 e. The van der Waals surface area contributed by atoms with Gasteiger partial charge in [-0.2, -0.15) is 0 Å². The number of aromatic nitrogens is 1. The van der Waals surface area contributed by atoms with Crippen molar-refractivity contribution in [2.24, 2.45) is 0 Å². The Balaban J connectivity index is 2.17. The topological polar surface area (TPSA) is 24.9 Å². The van der Waals surface area contributed by atoms with Crippen molar-refractivity contribution in [1.29, 1.82) is 0 Å². The number of hydrogen-bond donors (Lipinski definition) is 1. The van der Waals surface area contributed by atoms with Gasteiger partial charge in [0.25, 0.3) is 0 Å². The summed E-state index contributed by atoms with van der Waals surface area (Å²) in [5, 5.41) is 3.81. The van der Waals surface area contributed by atoms with Gasteiger partial charge in [-0.25, -0.2) is 0 Å². The number of aryl methyl sites for hydroxylation is 1. The summed E-state index contributed by atoms with van der Waals surface area (Å²) in [4.78, 5) is 4.38. The Labute approximate surface area is 76.8 Å². The van der Waals surface area contributed by atoms with Crippen molar-refractivity contribution < 1.29 is 0 Å². The average Bonchev–Trinajstić information content (AvgIpc) is 2.58. The molecule has 12 heavy (non-hydrogen) atoms. The smallest absolute Gasteiger partial charge is 0.0962 e. The Morgan fingerprint density at radius 2 is 2.50 bits per heavy atom. The first-order chi connectivity index (χ1) is 5.86. The summed E-state index contributed by atoms with van der Waals surface area (Å²) >= 11 is 1.93. The second kappa shape index (κ2) is 3.46. The highest BCUT2D eigenvalue weighted by Crippen LogP contribution is 2.28. The molecule has 0 saturated carbocycles. The van der Waals surface area contributed by atoms with Crippen molar-refractivity contribution in [3.05, 3.63) is 29.6 Å². The molecule has 1 aromatic heterocycles. The van der Waals surface area contributed by atoms with Crippen LogP contribution in [0.25, 0.3) is 0 Å². The van der Waals surface area contributed by atoms with E-state index in [1.165, 1.54) is 11.3 Å². The molecule has 0 bridgehead atoms. The average molecular weight is 180 g/mol. The minimum absolute atomic E-state index is 0.422. The van der Waals surface area contributed by atoms with Crippen molar-refractivity contribution in [2.75, 3.05) is 12.3 Å². The van der Waals surface area contributed by atoms with Crippen LogP contribution in [0.2, 0.25) is 0 Å². The third kappa shape index (κ3) is 1.62. The molecule has 0 spiro atoms. The van der Waals surface area contributed by atoms with Crippen molar-refractivity contribution in [2.45, 2.75) is 12.3 Å². The van der Waals surface area contributed by atoms with E-state index in [2.05, 4.69) is 29.4 Å². The van der Waals surface area contributed by atoms with E-state index >= 15 is 0 Å². The summed E-state index contributed by atoms with van der Waals surface area (Å²) in [7, 11) is 0. The van der Waals surface area contributed by atoms with Crippen LogP contribution in [-0.2, 0) is 0 Å². The van der Waals surface area contributed by atoms with Gasteiger partial charge in [-0.1, -0.05) is 6.07 Å². The molecule has 0 radical (unpaired) electrons.